The van der Waals surface area contributed by atoms with Gasteiger partial charge in [0.05, 0.1) is 0 Å². The molecule has 0 aliphatic rings. The second kappa shape index (κ2) is 6.14. The highest BCUT2D eigenvalue weighted by Gasteiger charge is 2.14. The predicted octanol–water partition coefficient (Wildman–Crippen LogP) is 3.13. The Morgan fingerprint density at radius 2 is 1.87 bits per heavy atom. The molecule has 2 N–H and O–H groups in total. The highest BCUT2D eigenvalue weighted by atomic mass is 14.5. The fraction of sp³-hybridized carbons (Fsp3) is 0.429. The molecule has 1 rings (SSSR count). The third kappa shape index (κ3) is 3.67. The Morgan fingerprint density at radius 3 is 2.40 bits per heavy atom. The normalized spacial score (nSPS) is 11.9. The van der Waals surface area contributed by atoms with Crippen LogP contribution in [0, 0.1) is 17.9 Å². The molecule has 0 fully saturated rings. The van der Waals surface area contributed by atoms with Gasteiger partial charge in [-0.1, -0.05) is 50.1 Å². The minimum Gasteiger partial charge on any atom is -0.359 e. The van der Waals surface area contributed by atoms with Gasteiger partial charge in [-0.15, -0.1) is 0 Å². The first-order chi connectivity index (χ1) is 7.25. The second-order valence-corrected chi connectivity index (χ2v) is 4.12. The topological polar surface area (TPSA) is 26.0 Å². The fourth-order valence-electron chi connectivity index (χ4n) is 1.88. The molecule has 1 nitrogen and oxygen atoms in total. The number of hydrogen-bond donors (Lipinski definition) is 1. The highest BCUT2D eigenvalue weighted by molar-refractivity contribution is 5.20. The van der Waals surface area contributed by atoms with Gasteiger partial charge < -0.3 is 5.73 Å². The van der Waals surface area contributed by atoms with Crippen LogP contribution in [0.2, 0.25) is 0 Å². The second-order valence-electron chi connectivity index (χ2n) is 4.12. The first kappa shape index (κ1) is 11.7. The van der Waals surface area contributed by atoms with Gasteiger partial charge in [-0.2, -0.15) is 0 Å². The van der Waals surface area contributed by atoms with Crippen LogP contribution in [-0.4, -0.2) is 0 Å². The molecule has 0 aliphatic heterocycles. The summed E-state index contributed by atoms with van der Waals surface area (Å²) in [4.78, 5) is 0. The Labute approximate surface area is 92.7 Å². The zero-order valence-corrected chi connectivity index (χ0v) is 9.53. The van der Waals surface area contributed by atoms with Crippen LogP contribution < -0.4 is 5.73 Å². The maximum absolute atomic E-state index is 5.17. The summed E-state index contributed by atoms with van der Waals surface area (Å²) in [6, 6.07) is 13.1. The molecular weight excluding hydrogens is 182 g/mol. The molecular formula is C14H19N. The van der Waals surface area contributed by atoms with Gasteiger partial charge >= 0.3 is 0 Å². The molecule has 0 aromatic heterocycles. The number of nitrogens with two attached hydrogens (primary N) is 1. The summed E-state index contributed by atoms with van der Waals surface area (Å²) in [6.07, 6.45) is 1.97. The van der Waals surface area contributed by atoms with Crippen molar-refractivity contribution in [2.45, 2.75) is 32.6 Å². The van der Waals surface area contributed by atoms with E-state index in [0.717, 1.165) is 12.8 Å². The third-order valence-electron chi connectivity index (χ3n) is 2.71. The van der Waals surface area contributed by atoms with E-state index in [1.807, 2.05) is 0 Å². The third-order valence-corrected chi connectivity index (χ3v) is 2.71. The monoisotopic (exact) mass is 201 g/mol. The van der Waals surface area contributed by atoms with Gasteiger partial charge in [-0.25, -0.2) is 0 Å². The van der Waals surface area contributed by atoms with Gasteiger partial charge in [0.2, 0.25) is 0 Å². The first-order valence-electron chi connectivity index (χ1n) is 5.49. The van der Waals surface area contributed by atoms with E-state index in [4.69, 9.17) is 5.73 Å². The average Bonchev–Trinajstić information content (AvgIpc) is 2.25. The molecule has 1 unspecified atom stereocenters. The molecule has 0 heterocycles. The zero-order valence-electron chi connectivity index (χ0n) is 9.53. The lowest BCUT2D eigenvalue weighted by atomic mass is 9.85. The lowest BCUT2D eigenvalue weighted by molar-refractivity contribution is 0.473. The zero-order chi connectivity index (χ0) is 11.1. The van der Waals surface area contributed by atoms with Gasteiger partial charge in [-0.3, -0.25) is 0 Å². The molecule has 0 saturated heterocycles. The SMILES string of the molecule is CC(C)C(CCC#CN)c1ccccc1. The lowest BCUT2D eigenvalue weighted by Crippen LogP contribution is -2.06. The Morgan fingerprint density at radius 1 is 1.20 bits per heavy atom. The largest absolute Gasteiger partial charge is 0.359 e. The summed E-state index contributed by atoms with van der Waals surface area (Å²) in [5.41, 5.74) is 6.58. The summed E-state index contributed by atoms with van der Waals surface area (Å²) >= 11 is 0. The Balaban J connectivity index is 2.69. The molecule has 1 atom stereocenters. The number of hydrogen-bond acceptors (Lipinski definition) is 1. The molecule has 1 heteroatoms. The predicted molar refractivity (Wildman–Crippen MR) is 65.2 cm³/mol. The van der Waals surface area contributed by atoms with Crippen LogP contribution in [0.5, 0.6) is 0 Å². The van der Waals surface area contributed by atoms with Crippen LogP contribution in [-0.2, 0) is 0 Å². The molecule has 0 aliphatic carbocycles. The molecule has 0 saturated carbocycles. The Kier molecular flexibility index (Phi) is 4.77. The summed E-state index contributed by atoms with van der Waals surface area (Å²) < 4.78 is 0. The van der Waals surface area contributed by atoms with E-state index >= 15 is 0 Å². The highest BCUT2D eigenvalue weighted by Crippen LogP contribution is 2.28. The van der Waals surface area contributed by atoms with Crippen LogP contribution in [0.15, 0.2) is 30.3 Å². The van der Waals surface area contributed by atoms with Crippen molar-refractivity contribution in [2.75, 3.05) is 0 Å². The standard InChI is InChI=1S/C14H19N/c1-12(2)14(10-6-7-11-15)13-8-4-3-5-9-13/h3-5,8-9,12,14H,6,10,15H2,1-2H3. The maximum atomic E-state index is 5.17. The molecule has 1 aromatic carbocycles. The van der Waals surface area contributed by atoms with Crippen molar-refractivity contribution in [3.05, 3.63) is 35.9 Å². The Bertz CT molecular complexity index is 329. The van der Waals surface area contributed by atoms with E-state index in [1.165, 1.54) is 5.56 Å². The van der Waals surface area contributed by atoms with Crippen LogP contribution in [0.1, 0.15) is 38.2 Å². The van der Waals surface area contributed by atoms with E-state index in [2.05, 4.69) is 56.1 Å². The van der Waals surface area contributed by atoms with Crippen LogP contribution in [0.3, 0.4) is 0 Å². The van der Waals surface area contributed by atoms with E-state index in [0.29, 0.717) is 11.8 Å². The van der Waals surface area contributed by atoms with Crippen molar-refractivity contribution in [1.29, 1.82) is 0 Å². The van der Waals surface area contributed by atoms with E-state index < -0.39 is 0 Å². The van der Waals surface area contributed by atoms with Gasteiger partial charge in [0.25, 0.3) is 0 Å². The number of benzene rings is 1. The summed E-state index contributed by atoms with van der Waals surface area (Å²) in [6.45, 7) is 4.51. The number of rotatable bonds is 4. The molecule has 0 spiro atoms. The smallest absolute Gasteiger partial charge is 0.0113 e. The van der Waals surface area contributed by atoms with E-state index in [9.17, 15) is 0 Å². The summed E-state index contributed by atoms with van der Waals surface area (Å²) in [5.74, 6) is 4.17. The first-order valence-corrected chi connectivity index (χ1v) is 5.49. The minimum absolute atomic E-state index is 0.590. The molecule has 1 aromatic rings. The van der Waals surface area contributed by atoms with Crippen LogP contribution in [0.25, 0.3) is 0 Å². The van der Waals surface area contributed by atoms with Gasteiger partial charge in [0.15, 0.2) is 0 Å². The summed E-state index contributed by atoms with van der Waals surface area (Å²) in [5, 5.41) is 0. The molecule has 0 amide bonds. The lowest BCUT2D eigenvalue weighted by Gasteiger charge is -2.20. The maximum Gasteiger partial charge on any atom is 0.0113 e. The summed E-state index contributed by atoms with van der Waals surface area (Å²) in [7, 11) is 0. The van der Waals surface area contributed by atoms with Crippen molar-refractivity contribution >= 4 is 0 Å². The Hall–Kier alpha value is -1.42. The fourth-order valence-corrected chi connectivity index (χ4v) is 1.88. The van der Waals surface area contributed by atoms with Gasteiger partial charge in [0, 0.05) is 12.5 Å². The van der Waals surface area contributed by atoms with Crippen molar-refractivity contribution in [2.24, 2.45) is 11.7 Å². The molecule has 0 radical (unpaired) electrons. The van der Waals surface area contributed by atoms with Gasteiger partial charge in [0.1, 0.15) is 0 Å². The van der Waals surface area contributed by atoms with Gasteiger partial charge in [-0.05, 0) is 23.8 Å². The quantitative estimate of drug-likeness (QED) is 0.588. The van der Waals surface area contributed by atoms with Crippen molar-refractivity contribution in [3.63, 3.8) is 0 Å². The molecule has 15 heavy (non-hydrogen) atoms. The minimum atomic E-state index is 0.590. The molecule has 0 bridgehead atoms. The van der Waals surface area contributed by atoms with Crippen LogP contribution in [0.4, 0.5) is 0 Å². The van der Waals surface area contributed by atoms with E-state index in [-0.39, 0.29) is 0 Å². The molecule has 80 valence electrons. The van der Waals surface area contributed by atoms with Crippen LogP contribution >= 0.6 is 0 Å². The average molecular weight is 201 g/mol. The van der Waals surface area contributed by atoms with Crippen molar-refractivity contribution in [3.8, 4) is 12.0 Å². The van der Waals surface area contributed by atoms with E-state index in [1.54, 1.807) is 0 Å². The van der Waals surface area contributed by atoms with Crippen molar-refractivity contribution in [1.82, 2.24) is 0 Å². The van der Waals surface area contributed by atoms with Crippen molar-refractivity contribution < 1.29 is 0 Å².